The lowest BCUT2D eigenvalue weighted by Gasteiger charge is -2.48. The molecule has 1 fully saturated rings. The molecule has 0 heterocycles. The zero-order valence-electron chi connectivity index (χ0n) is 16.7. The molecule has 144 valence electrons. The van der Waals surface area contributed by atoms with E-state index in [9.17, 15) is 5.11 Å². The first-order valence-corrected chi connectivity index (χ1v) is 10.4. The first kappa shape index (κ1) is 21.9. The van der Waals surface area contributed by atoms with Crippen LogP contribution in [0.15, 0.2) is 0 Å². The van der Waals surface area contributed by atoms with E-state index in [0.717, 1.165) is 6.42 Å². The minimum Gasteiger partial charge on any atom is -0.392 e. The normalized spacial score (nSPS) is 28.0. The van der Waals surface area contributed by atoms with Crippen LogP contribution in [0, 0.1) is 17.3 Å². The maximum atomic E-state index is 10.1. The standard InChI is InChI=1S/C21H43NO2/c1-5-6-7-8-9-10-11-12-17-13-14-21(2,3)20(24-4)19(17)15-18(23)16-22/h17-20,23H,5-16,22H2,1-4H3/t17-,18?,19+,20-/m1/s1. The number of ether oxygens (including phenoxy) is 1. The van der Waals surface area contributed by atoms with Crippen LogP contribution in [0.2, 0.25) is 0 Å². The van der Waals surface area contributed by atoms with Gasteiger partial charge in [0.2, 0.25) is 0 Å². The molecule has 3 N–H and O–H groups in total. The molecule has 1 rings (SSSR count). The predicted octanol–water partition coefficient (Wildman–Crippen LogP) is 4.90. The van der Waals surface area contributed by atoms with Crippen molar-refractivity contribution in [2.45, 2.75) is 104 Å². The maximum Gasteiger partial charge on any atom is 0.0666 e. The van der Waals surface area contributed by atoms with Crippen molar-refractivity contribution < 1.29 is 9.84 Å². The van der Waals surface area contributed by atoms with E-state index in [1.165, 1.54) is 64.2 Å². The summed E-state index contributed by atoms with van der Waals surface area (Å²) in [6.45, 7) is 7.25. The molecule has 1 aliphatic rings. The van der Waals surface area contributed by atoms with E-state index in [1.54, 1.807) is 0 Å². The number of hydrogen-bond donors (Lipinski definition) is 2. The van der Waals surface area contributed by atoms with Crippen LogP contribution in [0.25, 0.3) is 0 Å². The van der Waals surface area contributed by atoms with E-state index >= 15 is 0 Å². The molecule has 0 aromatic heterocycles. The Balaban J connectivity index is 2.50. The Labute approximate surface area is 150 Å². The van der Waals surface area contributed by atoms with E-state index in [-0.39, 0.29) is 11.5 Å². The number of aliphatic hydroxyl groups is 1. The van der Waals surface area contributed by atoms with E-state index in [0.29, 0.717) is 18.4 Å². The fraction of sp³-hybridized carbons (Fsp3) is 1.00. The highest BCUT2D eigenvalue weighted by molar-refractivity contribution is 4.94. The average molecular weight is 342 g/mol. The highest BCUT2D eigenvalue weighted by Crippen LogP contribution is 2.47. The Morgan fingerprint density at radius 1 is 1.12 bits per heavy atom. The number of rotatable bonds is 12. The molecule has 0 amide bonds. The van der Waals surface area contributed by atoms with Gasteiger partial charge < -0.3 is 15.6 Å². The van der Waals surface area contributed by atoms with Crippen molar-refractivity contribution in [3.05, 3.63) is 0 Å². The van der Waals surface area contributed by atoms with Gasteiger partial charge in [-0.1, -0.05) is 72.1 Å². The van der Waals surface area contributed by atoms with Gasteiger partial charge in [0.15, 0.2) is 0 Å². The van der Waals surface area contributed by atoms with Gasteiger partial charge in [0.25, 0.3) is 0 Å². The monoisotopic (exact) mass is 341 g/mol. The van der Waals surface area contributed by atoms with Crippen LogP contribution in [-0.2, 0) is 4.74 Å². The lowest BCUT2D eigenvalue weighted by molar-refractivity contribution is -0.0984. The summed E-state index contributed by atoms with van der Waals surface area (Å²) in [6.07, 6.45) is 14.0. The number of aliphatic hydroxyl groups excluding tert-OH is 1. The van der Waals surface area contributed by atoms with Gasteiger partial charge in [-0.25, -0.2) is 0 Å². The number of nitrogens with two attached hydrogens (primary N) is 1. The Bertz CT molecular complexity index is 319. The molecule has 0 aliphatic heterocycles. The molecule has 1 unspecified atom stereocenters. The number of hydrogen-bond acceptors (Lipinski definition) is 3. The SMILES string of the molecule is CCCCCCCCC[C@@H]1CCC(C)(C)[C@H](OC)[C@H]1CC(O)CN. The molecule has 0 aromatic rings. The molecule has 0 spiro atoms. The Morgan fingerprint density at radius 2 is 1.75 bits per heavy atom. The highest BCUT2D eigenvalue weighted by atomic mass is 16.5. The van der Waals surface area contributed by atoms with Crippen molar-refractivity contribution in [2.75, 3.05) is 13.7 Å². The Hall–Kier alpha value is -0.120. The third-order valence-electron chi connectivity index (χ3n) is 6.17. The minimum atomic E-state index is -0.391. The van der Waals surface area contributed by atoms with E-state index in [1.807, 2.05) is 7.11 Å². The molecule has 1 aliphatic carbocycles. The largest absolute Gasteiger partial charge is 0.392 e. The van der Waals surface area contributed by atoms with Crippen molar-refractivity contribution in [3.8, 4) is 0 Å². The number of unbranched alkanes of at least 4 members (excludes halogenated alkanes) is 6. The third kappa shape index (κ3) is 7.01. The van der Waals surface area contributed by atoms with Gasteiger partial charge in [-0.3, -0.25) is 0 Å². The summed E-state index contributed by atoms with van der Waals surface area (Å²) in [6, 6.07) is 0. The van der Waals surface area contributed by atoms with Gasteiger partial charge in [-0.05, 0) is 36.5 Å². The zero-order chi connectivity index (χ0) is 18.0. The van der Waals surface area contributed by atoms with Crippen LogP contribution in [0.4, 0.5) is 0 Å². The van der Waals surface area contributed by atoms with Crippen LogP contribution in [0.5, 0.6) is 0 Å². The second kappa shape index (κ2) is 11.5. The van der Waals surface area contributed by atoms with Crippen LogP contribution in [-0.4, -0.2) is 31.0 Å². The molecule has 0 radical (unpaired) electrons. The van der Waals surface area contributed by atoms with Crippen LogP contribution < -0.4 is 5.73 Å². The van der Waals surface area contributed by atoms with Crippen molar-refractivity contribution in [2.24, 2.45) is 23.0 Å². The van der Waals surface area contributed by atoms with Gasteiger partial charge in [0.05, 0.1) is 12.2 Å². The maximum absolute atomic E-state index is 10.1. The predicted molar refractivity (Wildman–Crippen MR) is 103 cm³/mol. The molecule has 0 aromatic carbocycles. The second-order valence-electron chi connectivity index (χ2n) is 8.64. The molecule has 4 atom stereocenters. The van der Waals surface area contributed by atoms with E-state index in [4.69, 9.17) is 10.5 Å². The molecular formula is C21H43NO2. The quantitative estimate of drug-likeness (QED) is 0.496. The van der Waals surface area contributed by atoms with Gasteiger partial charge in [-0.2, -0.15) is 0 Å². The molecular weight excluding hydrogens is 298 g/mol. The summed E-state index contributed by atoms with van der Waals surface area (Å²) in [5.41, 5.74) is 5.88. The molecule has 0 bridgehead atoms. The molecule has 24 heavy (non-hydrogen) atoms. The average Bonchev–Trinajstić information content (AvgIpc) is 2.55. The fourth-order valence-corrected chi connectivity index (χ4v) is 4.68. The van der Waals surface area contributed by atoms with Gasteiger partial charge in [0, 0.05) is 13.7 Å². The summed E-state index contributed by atoms with van der Waals surface area (Å²) >= 11 is 0. The summed E-state index contributed by atoms with van der Waals surface area (Å²) in [5, 5.41) is 10.1. The highest BCUT2D eigenvalue weighted by Gasteiger charge is 2.44. The zero-order valence-corrected chi connectivity index (χ0v) is 16.7. The molecule has 3 heteroatoms. The summed E-state index contributed by atoms with van der Waals surface area (Å²) in [7, 11) is 1.84. The van der Waals surface area contributed by atoms with Crippen molar-refractivity contribution >= 4 is 0 Å². The lowest BCUT2D eigenvalue weighted by Crippen LogP contribution is -2.47. The third-order valence-corrected chi connectivity index (χ3v) is 6.17. The summed E-state index contributed by atoms with van der Waals surface area (Å²) in [5.74, 6) is 1.12. The first-order chi connectivity index (χ1) is 11.5. The smallest absolute Gasteiger partial charge is 0.0666 e. The van der Waals surface area contributed by atoms with Crippen LogP contribution in [0.3, 0.4) is 0 Å². The second-order valence-corrected chi connectivity index (χ2v) is 8.64. The van der Waals surface area contributed by atoms with Crippen molar-refractivity contribution in [1.29, 1.82) is 0 Å². The lowest BCUT2D eigenvalue weighted by atomic mass is 9.62. The van der Waals surface area contributed by atoms with E-state index < -0.39 is 6.10 Å². The van der Waals surface area contributed by atoms with Gasteiger partial charge in [-0.15, -0.1) is 0 Å². The number of methoxy groups -OCH3 is 1. The molecule has 1 saturated carbocycles. The topological polar surface area (TPSA) is 55.5 Å². The Kier molecular flexibility index (Phi) is 10.5. The minimum absolute atomic E-state index is 0.199. The van der Waals surface area contributed by atoms with Crippen molar-refractivity contribution in [1.82, 2.24) is 0 Å². The summed E-state index contributed by atoms with van der Waals surface area (Å²) in [4.78, 5) is 0. The van der Waals surface area contributed by atoms with Crippen molar-refractivity contribution in [3.63, 3.8) is 0 Å². The van der Waals surface area contributed by atoms with Crippen LogP contribution in [0.1, 0.15) is 91.4 Å². The van der Waals surface area contributed by atoms with E-state index in [2.05, 4.69) is 20.8 Å². The van der Waals surface area contributed by atoms with Gasteiger partial charge in [0.1, 0.15) is 0 Å². The first-order valence-electron chi connectivity index (χ1n) is 10.4. The summed E-state index contributed by atoms with van der Waals surface area (Å²) < 4.78 is 5.91. The van der Waals surface area contributed by atoms with Gasteiger partial charge >= 0.3 is 0 Å². The fourth-order valence-electron chi connectivity index (χ4n) is 4.68. The van der Waals surface area contributed by atoms with Crippen LogP contribution >= 0.6 is 0 Å². The molecule has 3 nitrogen and oxygen atoms in total. The Morgan fingerprint density at radius 3 is 2.33 bits per heavy atom. The molecule has 0 saturated heterocycles.